The molecule has 3 heterocycles. The van der Waals surface area contributed by atoms with E-state index in [1.165, 1.54) is 22.5 Å². The van der Waals surface area contributed by atoms with Crippen LogP contribution in [0.1, 0.15) is 39.7 Å². The van der Waals surface area contributed by atoms with Gasteiger partial charge in [0.25, 0.3) is 5.91 Å². The molecule has 2 aromatic rings. The zero-order valence-corrected chi connectivity index (χ0v) is 16.7. The van der Waals surface area contributed by atoms with Crippen LogP contribution in [-0.2, 0) is 11.2 Å². The van der Waals surface area contributed by atoms with Gasteiger partial charge in [0.05, 0.1) is 4.88 Å². The van der Waals surface area contributed by atoms with Gasteiger partial charge in [-0.05, 0) is 48.4 Å². The second-order valence-corrected chi connectivity index (χ2v) is 7.78. The van der Waals surface area contributed by atoms with Crippen LogP contribution < -0.4 is 10.6 Å². The number of benzene rings is 1. The second-order valence-electron chi connectivity index (χ2n) is 6.83. The highest BCUT2D eigenvalue weighted by Crippen LogP contribution is 2.24. The minimum absolute atomic E-state index is 0. The number of likely N-dealkylation sites (tertiary alicyclic amines) is 1. The van der Waals surface area contributed by atoms with Gasteiger partial charge in [-0.2, -0.15) is 0 Å². The summed E-state index contributed by atoms with van der Waals surface area (Å²) in [5, 5.41) is 8.45. The predicted octanol–water partition coefficient (Wildman–Crippen LogP) is 2.78. The highest BCUT2D eigenvalue weighted by atomic mass is 35.5. The van der Waals surface area contributed by atoms with Crippen molar-refractivity contribution in [3.05, 3.63) is 57.8 Å². The van der Waals surface area contributed by atoms with Crippen LogP contribution in [-0.4, -0.2) is 42.4 Å². The first-order valence-corrected chi connectivity index (χ1v) is 10.1. The van der Waals surface area contributed by atoms with Gasteiger partial charge in [0, 0.05) is 19.1 Å². The SMILES string of the molecule is Cl.O=C(NCC1NCCc2ccccc21)C1CCCN1C(=O)c1cccs1. The van der Waals surface area contributed by atoms with E-state index < -0.39 is 0 Å². The number of nitrogens with one attached hydrogen (secondary N) is 2. The van der Waals surface area contributed by atoms with E-state index in [1.807, 2.05) is 23.6 Å². The Morgan fingerprint density at radius 3 is 2.89 bits per heavy atom. The molecule has 2 atom stereocenters. The summed E-state index contributed by atoms with van der Waals surface area (Å²) in [4.78, 5) is 27.8. The van der Waals surface area contributed by atoms with Crippen LogP contribution in [0.3, 0.4) is 0 Å². The molecule has 144 valence electrons. The minimum Gasteiger partial charge on any atom is -0.352 e. The van der Waals surface area contributed by atoms with Crippen molar-refractivity contribution < 1.29 is 9.59 Å². The zero-order valence-electron chi connectivity index (χ0n) is 15.0. The van der Waals surface area contributed by atoms with E-state index in [-0.39, 0.29) is 36.3 Å². The van der Waals surface area contributed by atoms with Crippen LogP contribution in [0.4, 0.5) is 0 Å². The highest BCUT2D eigenvalue weighted by Gasteiger charge is 2.35. The smallest absolute Gasteiger partial charge is 0.264 e. The lowest BCUT2D eigenvalue weighted by Crippen LogP contribution is -2.48. The van der Waals surface area contributed by atoms with Crippen molar-refractivity contribution in [2.24, 2.45) is 0 Å². The standard InChI is InChI=1S/C20H23N3O2S.ClH/c24-19(17-7-3-11-23(17)20(25)18-8-4-12-26-18)22-13-16-15-6-2-1-5-14(15)9-10-21-16;/h1-2,4-6,8,12,16-17,21H,3,7,9-11,13H2,(H,22,24);1H. The number of carbonyl (C=O) groups is 2. The van der Waals surface area contributed by atoms with E-state index in [1.54, 1.807) is 4.90 Å². The third kappa shape index (κ3) is 4.18. The number of fused-ring (bicyclic) bond motifs is 1. The largest absolute Gasteiger partial charge is 0.352 e. The lowest BCUT2D eigenvalue weighted by Gasteiger charge is -2.28. The molecule has 2 N–H and O–H groups in total. The second kappa shape index (κ2) is 8.87. The molecule has 0 radical (unpaired) electrons. The van der Waals surface area contributed by atoms with Gasteiger partial charge in [0.1, 0.15) is 6.04 Å². The van der Waals surface area contributed by atoms with E-state index in [0.29, 0.717) is 18.0 Å². The molecule has 2 unspecified atom stereocenters. The maximum atomic E-state index is 12.8. The molecule has 2 aliphatic rings. The molecule has 1 aromatic carbocycles. The Morgan fingerprint density at radius 1 is 1.22 bits per heavy atom. The molecule has 5 nitrogen and oxygen atoms in total. The zero-order chi connectivity index (χ0) is 17.9. The minimum atomic E-state index is -0.358. The molecule has 2 amide bonds. The van der Waals surface area contributed by atoms with Gasteiger partial charge in [0.15, 0.2) is 0 Å². The molecule has 0 bridgehead atoms. The maximum absolute atomic E-state index is 12.8. The monoisotopic (exact) mass is 405 g/mol. The van der Waals surface area contributed by atoms with Crippen LogP contribution in [0.5, 0.6) is 0 Å². The van der Waals surface area contributed by atoms with Crippen molar-refractivity contribution >= 4 is 35.6 Å². The van der Waals surface area contributed by atoms with Crippen molar-refractivity contribution in [2.45, 2.75) is 31.3 Å². The number of rotatable bonds is 4. The molecule has 1 fully saturated rings. The van der Waals surface area contributed by atoms with Crippen LogP contribution in [0.15, 0.2) is 41.8 Å². The van der Waals surface area contributed by atoms with Crippen molar-refractivity contribution in [1.29, 1.82) is 0 Å². The lowest BCUT2D eigenvalue weighted by atomic mass is 9.94. The van der Waals surface area contributed by atoms with Gasteiger partial charge in [0.2, 0.25) is 5.91 Å². The number of nitrogens with zero attached hydrogens (tertiary/aromatic N) is 1. The van der Waals surface area contributed by atoms with Gasteiger partial charge in [-0.1, -0.05) is 30.3 Å². The summed E-state index contributed by atoms with van der Waals surface area (Å²) in [6.07, 6.45) is 2.63. The topological polar surface area (TPSA) is 61.4 Å². The Morgan fingerprint density at radius 2 is 2.07 bits per heavy atom. The molecular formula is C20H24ClN3O2S. The van der Waals surface area contributed by atoms with E-state index in [2.05, 4.69) is 28.8 Å². The Labute approximate surface area is 169 Å². The first-order valence-electron chi connectivity index (χ1n) is 9.17. The Balaban J connectivity index is 0.00000210. The fraction of sp³-hybridized carbons (Fsp3) is 0.400. The first-order chi connectivity index (χ1) is 12.7. The molecule has 0 saturated carbocycles. The third-order valence-electron chi connectivity index (χ3n) is 5.24. The normalized spacial score (nSPS) is 21.3. The molecule has 0 spiro atoms. The average Bonchev–Trinajstić information content (AvgIpc) is 3.37. The Hall–Kier alpha value is -1.89. The number of hydrogen-bond donors (Lipinski definition) is 2. The molecular weight excluding hydrogens is 382 g/mol. The van der Waals surface area contributed by atoms with Gasteiger partial charge >= 0.3 is 0 Å². The summed E-state index contributed by atoms with van der Waals surface area (Å²) in [7, 11) is 0. The van der Waals surface area contributed by atoms with Gasteiger partial charge in [-0.25, -0.2) is 0 Å². The van der Waals surface area contributed by atoms with Crippen LogP contribution in [0.2, 0.25) is 0 Å². The lowest BCUT2D eigenvalue weighted by molar-refractivity contribution is -0.124. The number of amides is 2. The summed E-state index contributed by atoms with van der Waals surface area (Å²) >= 11 is 1.43. The molecule has 27 heavy (non-hydrogen) atoms. The fourth-order valence-corrected chi connectivity index (χ4v) is 4.60. The summed E-state index contributed by atoms with van der Waals surface area (Å²) in [6.45, 7) is 2.12. The van der Waals surface area contributed by atoms with E-state index in [0.717, 1.165) is 25.8 Å². The number of thiophene rings is 1. The summed E-state index contributed by atoms with van der Waals surface area (Å²) < 4.78 is 0. The van der Waals surface area contributed by atoms with Crippen LogP contribution in [0.25, 0.3) is 0 Å². The summed E-state index contributed by atoms with van der Waals surface area (Å²) in [6, 6.07) is 11.9. The number of hydrogen-bond acceptors (Lipinski definition) is 4. The molecule has 0 aliphatic carbocycles. The summed E-state index contributed by atoms with van der Waals surface area (Å²) in [5.74, 6) is -0.0731. The Bertz CT molecular complexity index is 796. The van der Waals surface area contributed by atoms with Gasteiger partial charge in [-0.15, -0.1) is 23.7 Å². The van der Waals surface area contributed by atoms with Crippen molar-refractivity contribution in [3.8, 4) is 0 Å². The van der Waals surface area contributed by atoms with Crippen LogP contribution in [0, 0.1) is 0 Å². The highest BCUT2D eigenvalue weighted by molar-refractivity contribution is 7.12. The van der Waals surface area contributed by atoms with Crippen molar-refractivity contribution in [3.63, 3.8) is 0 Å². The maximum Gasteiger partial charge on any atom is 0.264 e. The van der Waals surface area contributed by atoms with Crippen molar-refractivity contribution in [2.75, 3.05) is 19.6 Å². The Kier molecular flexibility index (Phi) is 6.52. The quantitative estimate of drug-likeness (QED) is 0.822. The van der Waals surface area contributed by atoms with E-state index >= 15 is 0 Å². The van der Waals surface area contributed by atoms with Crippen LogP contribution >= 0.6 is 23.7 Å². The molecule has 2 aliphatic heterocycles. The molecule has 1 aromatic heterocycles. The average molecular weight is 406 g/mol. The third-order valence-corrected chi connectivity index (χ3v) is 6.10. The summed E-state index contributed by atoms with van der Waals surface area (Å²) in [5.41, 5.74) is 2.61. The fourth-order valence-electron chi connectivity index (χ4n) is 3.92. The molecule has 1 saturated heterocycles. The molecule has 7 heteroatoms. The van der Waals surface area contributed by atoms with Crippen molar-refractivity contribution in [1.82, 2.24) is 15.5 Å². The number of halogens is 1. The van der Waals surface area contributed by atoms with Gasteiger partial charge in [-0.3, -0.25) is 9.59 Å². The van der Waals surface area contributed by atoms with E-state index in [9.17, 15) is 9.59 Å². The van der Waals surface area contributed by atoms with Gasteiger partial charge < -0.3 is 15.5 Å². The number of carbonyl (C=O) groups excluding carboxylic acids is 2. The molecule has 4 rings (SSSR count). The first kappa shape index (κ1) is 19.9. The predicted molar refractivity (Wildman–Crippen MR) is 110 cm³/mol. The van der Waals surface area contributed by atoms with E-state index in [4.69, 9.17) is 0 Å².